The first-order valence-corrected chi connectivity index (χ1v) is 8.55. The molecule has 2 aromatic carbocycles. The highest BCUT2D eigenvalue weighted by Gasteiger charge is 2.18. The van der Waals surface area contributed by atoms with Crippen LogP contribution in [-0.2, 0) is 14.3 Å². The molecule has 27 heavy (non-hydrogen) atoms. The highest BCUT2D eigenvalue weighted by atomic mass is 16.5. The van der Waals surface area contributed by atoms with Gasteiger partial charge in [-0.2, -0.15) is 0 Å². The number of hydrogen-bond acceptors (Lipinski definition) is 5. The maximum Gasteiger partial charge on any atom is 0.338 e. The standard InChI is InChI=1S/C20H22N2O5/c1-2-26-17-10-8-15(9-11-17)20(25)27-14-19(24)22(13-12-18(21)23)16-6-4-3-5-7-16/h3-11H,2,12-14H2,1H3,(H2,21,23). The molecule has 0 aromatic heterocycles. The van der Waals surface area contributed by atoms with Gasteiger partial charge in [0.25, 0.3) is 5.91 Å². The minimum Gasteiger partial charge on any atom is -0.494 e. The van der Waals surface area contributed by atoms with Gasteiger partial charge in [-0.1, -0.05) is 18.2 Å². The van der Waals surface area contributed by atoms with E-state index in [1.807, 2.05) is 13.0 Å². The van der Waals surface area contributed by atoms with Crippen LogP contribution >= 0.6 is 0 Å². The highest BCUT2D eigenvalue weighted by molar-refractivity contribution is 5.97. The van der Waals surface area contributed by atoms with Crippen LogP contribution in [0.2, 0.25) is 0 Å². The first-order chi connectivity index (χ1) is 13.0. The van der Waals surface area contributed by atoms with Crippen LogP contribution in [-0.4, -0.2) is 37.5 Å². The van der Waals surface area contributed by atoms with Crippen molar-refractivity contribution in [2.24, 2.45) is 5.73 Å². The lowest BCUT2D eigenvalue weighted by Crippen LogP contribution is -2.37. The maximum atomic E-state index is 12.5. The zero-order valence-electron chi connectivity index (χ0n) is 15.1. The molecule has 2 N–H and O–H groups in total. The van der Waals surface area contributed by atoms with Crippen LogP contribution in [0.1, 0.15) is 23.7 Å². The fraction of sp³-hybridized carbons (Fsp3) is 0.250. The van der Waals surface area contributed by atoms with E-state index in [1.54, 1.807) is 48.5 Å². The SMILES string of the molecule is CCOc1ccc(C(=O)OCC(=O)N(CCC(N)=O)c2ccccc2)cc1. The summed E-state index contributed by atoms with van der Waals surface area (Å²) in [5.74, 6) is -0.932. The number of esters is 1. The molecule has 7 heteroatoms. The van der Waals surface area contributed by atoms with Crippen molar-refractivity contribution >= 4 is 23.5 Å². The summed E-state index contributed by atoms with van der Waals surface area (Å²) >= 11 is 0. The molecular weight excluding hydrogens is 348 g/mol. The van der Waals surface area contributed by atoms with Crippen LogP contribution in [0.15, 0.2) is 54.6 Å². The Bertz CT molecular complexity index is 775. The number of carbonyl (C=O) groups is 3. The molecule has 0 saturated carbocycles. The molecule has 0 aliphatic carbocycles. The second-order valence-electron chi connectivity index (χ2n) is 5.63. The van der Waals surface area contributed by atoms with Gasteiger partial charge >= 0.3 is 5.97 Å². The summed E-state index contributed by atoms with van der Waals surface area (Å²) in [5, 5.41) is 0. The number of nitrogens with zero attached hydrogens (tertiary/aromatic N) is 1. The molecule has 2 aromatic rings. The summed E-state index contributed by atoms with van der Waals surface area (Å²) in [5.41, 5.74) is 6.09. The average molecular weight is 370 g/mol. The Morgan fingerprint density at radius 3 is 2.26 bits per heavy atom. The Morgan fingerprint density at radius 1 is 1.00 bits per heavy atom. The first-order valence-electron chi connectivity index (χ1n) is 8.55. The Labute approximate surface area is 157 Å². The van der Waals surface area contributed by atoms with Gasteiger partial charge in [0.1, 0.15) is 5.75 Å². The summed E-state index contributed by atoms with van der Waals surface area (Å²) in [6.45, 7) is 2.06. The van der Waals surface area contributed by atoms with Crippen molar-refractivity contribution in [1.82, 2.24) is 0 Å². The van der Waals surface area contributed by atoms with E-state index in [0.29, 0.717) is 23.6 Å². The minimum atomic E-state index is -0.616. The number of rotatable bonds is 9. The zero-order chi connectivity index (χ0) is 19.6. The third-order valence-electron chi connectivity index (χ3n) is 3.68. The molecule has 0 aliphatic rings. The molecule has 0 radical (unpaired) electrons. The molecule has 0 spiro atoms. The fourth-order valence-corrected chi connectivity index (χ4v) is 2.37. The number of para-hydroxylation sites is 1. The van der Waals surface area contributed by atoms with E-state index < -0.39 is 24.4 Å². The van der Waals surface area contributed by atoms with E-state index >= 15 is 0 Å². The maximum absolute atomic E-state index is 12.5. The summed E-state index contributed by atoms with van der Waals surface area (Å²) in [6, 6.07) is 15.3. The van der Waals surface area contributed by atoms with Gasteiger partial charge in [0, 0.05) is 18.7 Å². The van der Waals surface area contributed by atoms with E-state index in [9.17, 15) is 14.4 Å². The highest BCUT2D eigenvalue weighted by Crippen LogP contribution is 2.15. The van der Waals surface area contributed by atoms with Gasteiger partial charge in [-0.25, -0.2) is 4.79 Å². The third-order valence-corrected chi connectivity index (χ3v) is 3.68. The first kappa shape index (κ1) is 20.0. The average Bonchev–Trinajstić information content (AvgIpc) is 2.67. The third kappa shape index (κ3) is 6.14. The second-order valence-corrected chi connectivity index (χ2v) is 5.63. The minimum absolute atomic E-state index is 0.00741. The summed E-state index contributed by atoms with van der Waals surface area (Å²) < 4.78 is 10.4. The van der Waals surface area contributed by atoms with Gasteiger partial charge in [-0.05, 0) is 43.3 Å². The van der Waals surface area contributed by atoms with Crippen molar-refractivity contribution in [2.75, 3.05) is 24.7 Å². The van der Waals surface area contributed by atoms with Crippen molar-refractivity contribution in [2.45, 2.75) is 13.3 Å². The van der Waals surface area contributed by atoms with Gasteiger partial charge in [-0.3, -0.25) is 9.59 Å². The van der Waals surface area contributed by atoms with Crippen LogP contribution in [0, 0.1) is 0 Å². The Balaban J connectivity index is 1.99. The molecule has 142 valence electrons. The number of benzene rings is 2. The molecule has 0 fully saturated rings. The molecule has 0 atom stereocenters. The smallest absolute Gasteiger partial charge is 0.338 e. The van der Waals surface area contributed by atoms with Crippen LogP contribution in [0.5, 0.6) is 5.75 Å². The number of anilines is 1. The quantitative estimate of drug-likeness (QED) is 0.682. The second kappa shape index (κ2) is 9.96. The lowest BCUT2D eigenvalue weighted by atomic mass is 10.2. The number of carbonyl (C=O) groups excluding carboxylic acids is 3. The number of primary amides is 1. The number of hydrogen-bond donors (Lipinski definition) is 1. The molecule has 0 bridgehead atoms. The van der Waals surface area contributed by atoms with E-state index in [-0.39, 0.29) is 13.0 Å². The molecule has 0 saturated heterocycles. The van der Waals surface area contributed by atoms with E-state index in [4.69, 9.17) is 15.2 Å². The van der Waals surface area contributed by atoms with Crippen molar-refractivity contribution in [3.63, 3.8) is 0 Å². The lowest BCUT2D eigenvalue weighted by Gasteiger charge is -2.22. The van der Waals surface area contributed by atoms with Crippen LogP contribution in [0.4, 0.5) is 5.69 Å². The van der Waals surface area contributed by atoms with Gasteiger partial charge in [-0.15, -0.1) is 0 Å². The zero-order valence-corrected chi connectivity index (χ0v) is 15.1. The molecule has 7 nitrogen and oxygen atoms in total. The van der Waals surface area contributed by atoms with Crippen molar-refractivity contribution in [3.8, 4) is 5.75 Å². The Kier molecular flexibility index (Phi) is 7.37. The predicted octanol–water partition coefficient (Wildman–Crippen LogP) is 2.15. The number of ether oxygens (including phenoxy) is 2. The molecule has 0 unspecified atom stereocenters. The van der Waals surface area contributed by atoms with Crippen LogP contribution in [0.3, 0.4) is 0 Å². The topological polar surface area (TPSA) is 98.9 Å². The Hall–Kier alpha value is -3.35. The summed E-state index contributed by atoms with van der Waals surface area (Å²) in [6.07, 6.45) is 0.00741. The van der Waals surface area contributed by atoms with Crippen molar-refractivity contribution in [1.29, 1.82) is 0 Å². The number of nitrogens with two attached hydrogens (primary N) is 1. The molecule has 2 amide bonds. The Morgan fingerprint density at radius 2 is 1.67 bits per heavy atom. The molecule has 2 rings (SSSR count). The normalized spacial score (nSPS) is 10.1. The fourth-order valence-electron chi connectivity index (χ4n) is 2.37. The monoisotopic (exact) mass is 370 g/mol. The molecule has 0 heterocycles. The van der Waals surface area contributed by atoms with Gasteiger partial charge in [0.05, 0.1) is 12.2 Å². The van der Waals surface area contributed by atoms with Crippen LogP contribution < -0.4 is 15.4 Å². The van der Waals surface area contributed by atoms with E-state index in [2.05, 4.69) is 0 Å². The van der Waals surface area contributed by atoms with Crippen molar-refractivity contribution < 1.29 is 23.9 Å². The van der Waals surface area contributed by atoms with Crippen LogP contribution in [0.25, 0.3) is 0 Å². The summed E-state index contributed by atoms with van der Waals surface area (Å²) in [4.78, 5) is 37.1. The lowest BCUT2D eigenvalue weighted by molar-refractivity contribution is -0.121. The van der Waals surface area contributed by atoms with E-state index in [0.717, 1.165) is 0 Å². The predicted molar refractivity (Wildman–Crippen MR) is 100 cm³/mol. The van der Waals surface area contributed by atoms with Gasteiger partial charge < -0.3 is 20.1 Å². The van der Waals surface area contributed by atoms with Gasteiger partial charge in [0.2, 0.25) is 5.91 Å². The number of amides is 2. The summed E-state index contributed by atoms with van der Waals surface area (Å²) in [7, 11) is 0. The van der Waals surface area contributed by atoms with E-state index in [1.165, 1.54) is 4.90 Å². The van der Waals surface area contributed by atoms with Crippen molar-refractivity contribution in [3.05, 3.63) is 60.2 Å². The largest absolute Gasteiger partial charge is 0.494 e. The molecular formula is C20H22N2O5. The molecule has 0 aliphatic heterocycles. The van der Waals surface area contributed by atoms with Gasteiger partial charge in [0.15, 0.2) is 6.61 Å².